The number of aryl methyl sites for hydroxylation is 2. The minimum atomic E-state index is -0.146. The zero-order valence-corrected chi connectivity index (χ0v) is 10.6. The van der Waals surface area contributed by atoms with Crippen LogP contribution in [0.3, 0.4) is 0 Å². The second-order valence-electron chi connectivity index (χ2n) is 4.16. The number of amides is 1. The third kappa shape index (κ3) is 3.85. The Labute approximate surface area is 101 Å². The van der Waals surface area contributed by atoms with Gasteiger partial charge in [-0.05, 0) is 26.7 Å². The summed E-state index contributed by atoms with van der Waals surface area (Å²) in [6.07, 6.45) is 1.74. The van der Waals surface area contributed by atoms with E-state index in [0.29, 0.717) is 12.8 Å². The molecule has 1 aromatic heterocycles. The van der Waals surface area contributed by atoms with E-state index in [9.17, 15) is 4.79 Å². The quantitative estimate of drug-likeness (QED) is 0.781. The van der Waals surface area contributed by atoms with Gasteiger partial charge < -0.3 is 14.9 Å². The third-order valence-electron chi connectivity index (χ3n) is 2.86. The van der Waals surface area contributed by atoms with Gasteiger partial charge in [-0.25, -0.2) is 0 Å². The molecular weight excluding hydrogens is 220 g/mol. The summed E-state index contributed by atoms with van der Waals surface area (Å²) < 4.78 is 5.03. The van der Waals surface area contributed by atoms with Crippen LogP contribution in [0.15, 0.2) is 4.52 Å². The standard InChI is InChI=1S/C12H20N2O3/c1-4-10(7-15)13-12(16)6-5-11-8(2)14-17-9(11)3/h10,15H,4-7H2,1-3H3,(H,13,16). The monoisotopic (exact) mass is 240 g/mol. The Morgan fingerprint density at radius 3 is 2.71 bits per heavy atom. The maximum absolute atomic E-state index is 11.6. The maximum Gasteiger partial charge on any atom is 0.220 e. The van der Waals surface area contributed by atoms with Crippen LogP contribution in [0.4, 0.5) is 0 Å². The fourth-order valence-corrected chi connectivity index (χ4v) is 1.67. The van der Waals surface area contributed by atoms with Crippen molar-refractivity contribution in [3.63, 3.8) is 0 Å². The number of rotatable bonds is 6. The Kier molecular flexibility index (Phi) is 5.15. The van der Waals surface area contributed by atoms with Crippen molar-refractivity contribution in [2.75, 3.05) is 6.61 Å². The van der Waals surface area contributed by atoms with E-state index in [4.69, 9.17) is 9.63 Å². The minimum absolute atomic E-state index is 0.0203. The molecule has 5 nitrogen and oxygen atoms in total. The van der Waals surface area contributed by atoms with Gasteiger partial charge in [-0.3, -0.25) is 4.79 Å². The van der Waals surface area contributed by atoms with E-state index in [-0.39, 0.29) is 18.6 Å². The molecule has 1 amide bonds. The summed E-state index contributed by atoms with van der Waals surface area (Å²) in [5.74, 6) is 0.718. The first-order valence-corrected chi connectivity index (χ1v) is 5.90. The predicted octanol–water partition coefficient (Wildman–Crippen LogP) is 1.11. The van der Waals surface area contributed by atoms with Gasteiger partial charge in [0.1, 0.15) is 5.76 Å². The van der Waals surface area contributed by atoms with E-state index in [1.807, 2.05) is 20.8 Å². The molecule has 1 aromatic rings. The van der Waals surface area contributed by atoms with Gasteiger partial charge in [0.25, 0.3) is 0 Å². The Morgan fingerprint density at radius 2 is 2.24 bits per heavy atom. The molecule has 0 saturated heterocycles. The van der Waals surface area contributed by atoms with E-state index in [0.717, 1.165) is 23.4 Å². The van der Waals surface area contributed by atoms with E-state index in [1.54, 1.807) is 0 Å². The Balaban J connectivity index is 2.43. The van der Waals surface area contributed by atoms with Crippen molar-refractivity contribution in [2.45, 2.75) is 46.1 Å². The SMILES string of the molecule is CCC(CO)NC(=O)CCc1c(C)noc1C. The van der Waals surface area contributed by atoms with E-state index < -0.39 is 0 Å². The topological polar surface area (TPSA) is 75.4 Å². The molecule has 0 aliphatic heterocycles. The van der Waals surface area contributed by atoms with Crippen LogP contribution in [0.2, 0.25) is 0 Å². The molecule has 0 aromatic carbocycles. The largest absolute Gasteiger partial charge is 0.394 e. The van der Waals surface area contributed by atoms with Crippen molar-refractivity contribution in [3.05, 3.63) is 17.0 Å². The van der Waals surface area contributed by atoms with E-state index in [2.05, 4.69) is 10.5 Å². The first-order valence-electron chi connectivity index (χ1n) is 5.90. The lowest BCUT2D eigenvalue weighted by Gasteiger charge is -2.13. The molecule has 0 radical (unpaired) electrons. The highest BCUT2D eigenvalue weighted by Gasteiger charge is 2.13. The van der Waals surface area contributed by atoms with Crippen LogP contribution in [0.5, 0.6) is 0 Å². The van der Waals surface area contributed by atoms with Crippen LogP contribution in [0, 0.1) is 13.8 Å². The number of aromatic nitrogens is 1. The van der Waals surface area contributed by atoms with Crippen molar-refractivity contribution in [3.8, 4) is 0 Å². The van der Waals surface area contributed by atoms with Crippen molar-refractivity contribution in [1.82, 2.24) is 10.5 Å². The zero-order chi connectivity index (χ0) is 12.8. The molecule has 0 bridgehead atoms. The summed E-state index contributed by atoms with van der Waals surface area (Å²) in [5.41, 5.74) is 1.83. The number of nitrogens with one attached hydrogen (secondary N) is 1. The predicted molar refractivity (Wildman–Crippen MR) is 63.6 cm³/mol. The summed E-state index contributed by atoms with van der Waals surface area (Å²) in [6, 6.07) is -0.146. The number of hydrogen-bond acceptors (Lipinski definition) is 4. The number of hydrogen-bond donors (Lipinski definition) is 2. The van der Waals surface area contributed by atoms with Crippen LogP contribution in [0.25, 0.3) is 0 Å². The fourth-order valence-electron chi connectivity index (χ4n) is 1.67. The second-order valence-corrected chi connectivity index (χ2v) is 4.16. The smallest absolute Gasteiger partial charge is 0.220 e. The first kappa shape index (κ1) is 13.7. The average molecular weight is 240 g/mol. The minimum Gasteiger partial charge on any atom is -0.394 e. The molecule has 0 aliphatic carbocycles. The van der Waals surface area contributed by atoms with Crippen LogP contribution in [0.1, 0.15) is 36.8 Å². The lowest BCUT2D eigenvalue weighted by Crippen LogP contribution is -2.37. The van der Waals surface area contributed by atoms with Gasteiger partial charge in [-0.15, -0.1) is 0 Å². The number of carbonyl (C=O) groups is 1. The van der Waals surface area contributed by atoms with Crippen LogP contribution < -0.4 is 5.32 Å². The zero-order valence-electron chi connectivity index (χ0n) is 10.6. The van der Waals surface area contributed by atoms with Gasteiger partial charge in [0.2, 0.25) is 5.91 Å². The number of nitrogens with zero attached hydrogens (tertiary/aromatic N) is 1. The molecule has 0 spiro atoms. The molecule has 1 rings (SSSR count). The molecule has 1 atom stereocenters. The van der Waals surface area contributed by atoms with Crippen LogP contribution >= 0.6 is 0 Å². The van der Waals surface area contributed by atoms with Crippen molar-refractivity contribution in [1.29, 1.82) is 0 Å². The molecule has 1 unspecified atom stereocenters. The molecule has 1 heterocycles. The highest BCUT2D eigenvalue weighted by atomic mass is 16.5. The number of carbonyl (C=O) groups excluding carboxylic acids is 1. The molecule has 17 heavy (non-hydrogen) atoms. The molecule has 2 N–H and O–H groups in total. The first-order chi connectivity index (χ1) is 8.08. The lowest BCUT2D eigenvalue weighted by molar-refractivity contribution is -0.122. The van der Waals surface area contributed by atoms with Gasteiger partial charge in [-0.2, -0.15) is 0 Å². The second kappa shape index (κ2) is 6.39. The third-order valence-corrected chi connectivity index (χ3v) is 2.86. The highest BCUT2D eigenvalue weighted by Crippen LogP contribution is 2.14. The summed E-state index contributed by atoms with van der Waals surface area (Å²) in [4.78, 5) is 11.6. The van der Waals surface area contributed by atoms with Gasteiger partial charge in [0.05, 0.1) is 18.3 Å². The summed E-state index contributed by atoms with van der Waals surface area (Å²) >= 11 is 0. The Morgan fingerprint density at radius 1 is 1.53 bits per heavy atom. The Bertz CT molecular complexity index is 350. The van der Waals surface area contributed by atoms with Crippen molar-refractivity contribution >= 4 is 5.91 Å². The van der Waals surface area contributed by atoms with Gasteiger partial charge in [0, 0.05) is 12.0 Å². The van der Waals surface area contributed by atoms with Gasteiger partial charge >= 0.3 is 0 Å². The number of aliphatic hydroxyl groups excluding tert-OH is 1. The number of aliphatic hydroxyl groups is 1. The van der Waals surface area contributed by atoms with E-state index in [1.165, 1.54) is 0 Å². The molecule has 96 valence electrons. The Hall–Kier alpha value is -1.36. The molecule has 5 heteroatoms. The average Bonchev–Trinajstić information content (AvgIpc) is 2.63. The normalized spacial score (nSPS) is 12.5. The van der Waals surface area contributed by atoms with Gasteiger partial charge in [0.15, 0.2) is 0 Å². The molecule has 0 saturated carbocycles. The molecular formula is C12H20N2O3. The highest BCUT2D eigenvalue weighted by molar-refractivity contribution is 5.76. The van der Waals surface area contributed by atoms with Crippen molar-refractivity contribution in [2.24, 2.45) is 0 Å². The van der Waals surface area contributed by atoms with Crippen LogP contribution in [-0.4, -0.2) is 28.8 Å². The fraction of sp³-hybridized carbons (Fsp3) is 0.667. The summed E-state index contributed by atoms with van der Waals surface area (Å²) in [6.45, 7) is 5.62. The van der Waals surface area contributed by atoms with E-state index >= 15 is 0 Å². The summed E-state index contributed by atoms with van der Waals surface area (Å²) in [5, 5.41) is 15.6. The lowest BCUT2D eigenvalue weighted by atomic mass is 10.1. The summed E-state index contributed by atoms with van der Waals surface area (Å²) in [7, 11) is 0. The van der Waals surface area contributed by atoms with Crippen molar-refractivity contribution < 1.29 is 14.4 Å². The molecule has 0 fully saturated rings. The van der Waals surface area contributed by atoms with Crippen LogP contribution in [-0.2, 0) is 11.2 Å². The molecule has 0 aliphatic rings. The van der Waals surface area contributed by atoms with Gasteiger partial charge in [-0.1, -0.05) is 12.1 Å². The maximum atomic E-state index is 11.6.